The highest BCUT2D eigenvalue weighted by Gasteiger charge is 2.16. The quantitative estimate of drug-likeness (QED) is 0.252. The molecule has 0 aromatic heterocycles. The van der Waals surface area contributed by atoms with E-state index in [4.69, 9.17) is 5.11 Å². The fourth-order valence-electron chi connectivity index (χ4n) is 2.10. The van der Waals surface area contributed by atoms with Gasteiger partial charge in [-0.1, -0.05) is 12.1 Å². The van der Waals surface area contributed by atoms with E-state index in [-0.39, 0.29) is 24.6 Å². The molecule has 29 heavy (non-hydrogen) atoms. The van der Waals surface area contributed by atoms with E-state index in [0.29, 0.717) is 6.42 Å². The van der Waals surface area contributed by atoms with E-state index < -0.39 is 42.8 Å². The second kappa shape index (κ2) is 12.0. The van der Waals surface area contributed by atoms with Crippen LogP contribution < -0.4 is 21.3 Å². The van der Waals surface area contributed by atoms with Crippen molar-refractivity contribution in [3.8, 4) is 5.75 Å². The average molecular weight is 408 g/mol. The Balaban J connectivity index is 2.24. The molecule has 0 radical (unpaired) electrons. The Morgan fingerprint density at radius 3 is 2.07 bits per heavy atom. The summed E-state index contributed by atoms with van der Waals surface area (Å²) in [4.78, 5) is 57.1. The summed E-state index contributed by atoms with van der Waals surface area (Å²) in [6, 6.07) is 5.46. The standard InChI is InChI=1S/C18H24N4O7/c1-11(18(29)21-8-15(25)20-10-17(27)28)22-16(26)9-19-14(24)7-4-12-2-5-13(23)6-3-12/h2-3,5-6,11,23H,4,7-10H2,1H3,(H,19,24)(H,20,25)(H,21,29)(H,22,26)(H,27,28)/t11-/m0/s1. The molecule has 0 unspecified atom stereocenters. The monoisotopic (exact) mass is 408 g/mol. The Hall–Kier alpha value is -3.63. The van der Waals surface area contributed by atoms with Gasteiger partial charge in [-0.05, 0) is 31.0 Å². The number of phenolic OH excluding ortho intramolecular Hbond substituents is 1. The summed E-state index contributed by atoms with van der Waals surface area (Å²) < 4.78 is 0. The van der Waals surface area contributed by atoms with Crippen LogP contribution in [0.3, 0.4) is 0 Å². The summed E-state index contributed by atoms with van der Waals surface area (Å²) in [5, 5.41) is 26.8. The summed E-state index contributed by atoms with van der Waals surface area (Å²) in [5.41, 5.74) is 0.861. The number of nitrogens with one attached hydrogen (secondary N) is 4. The molecule has 4 amide bonds. The van der Waals surface area contributed by atoms with Gasteiger partial charge >= 0.3 is 5.97 Å². The van der Waals surface area contributed by atoms with Crippen molar-refractivity contribution in [2.24, 2.45) is 0 Å². The molecule has 1 aromatic rings. The summed E-state index contributed by atoms with van der Waals surface area (Å²) in [6.07, 6.45) is 0.593. The van der Waals surface area contributed by atoms with Gasteiger partial charge in [0.2, 0.25) is 23.6 Å². The Labute approximate surface area is 166 Å². The molecule has 158 valence electrons. The number of aromatic hydroxyl groups is 1. The van der Waals surface area contributed by atoms with Gasteiger partial charge in [0.15, 0.2) is 0 Å². The van der Waals surface area contributed by atoms with Crippen molar-refractivity contribution in [3.05, 3.63) is 29.8 Å². The van der Waals surface area contributed by atoms with E-state index in [1.807, 2.05) is 0 Å². The molecule has 11 heteroatoms. The number of carboxylic acids is 1. The highest BCUT2D eigenvalue weighted by atomic mass is 16.4. The van der Waals surface area contributed by atoms with E-state index >= 15 is 0 Å². The van der Waals surface area contributed by atoms with Crippen LogP contribution in [-0.4, -0.2) is 65.5 Å². The summed E-state index contributed by atoms with van der Waals surface area (Å²) in [7, 11) is 0. The third kappa shape index (κ3) is 10.3. The van der Waals surface area contributed by atoms with E-state index in [2.05, 4.69) is 21.3 Å². The maximum atomic E-state index is 11.8. The zero-order chi connectivity index (χ0) is 21.8. The molecule has 1 rings (SSSR count). The first-order valence-electron chi connectivity index (χ1n) is 8.77. The molecule has 0 saturated carbocycles. The van der Waals surface area contributed by atoms with Crippen molar-refractivity contribution < 1.29 is 34.2 Å². The van der Waals surface area contributed by atoms with Gasteiger partial charge in [0, 0.05) is 6.42 Å². The first-order valence-corrected chi connectivity index (χ1v) is 8.77. The van der Waals surface area contributed by atoms with Crippen LogP contribution in [0.15, 0.2) is 24.3 Å². The van der Waals surface area contributed by atoms with Gasteiger partial charge < -0.3 is 31.5 Å². The highest BCUT2D eigenvalue weighted by molar-refractivity contribution is 5.92. The van der Waals surface area contributed by atoms with Gasteiger partial charge in [-0.15, -0.1) is 0 Å². The van der Waals surface area contributed by atoms with Crippen LogP contribution in [0.1, 0.15) is 18.9 Å². The molecule has 0 aliphatic carbocycles. The molecule has 0 fully saturated rings. The predicted molar refractivity (Wildman–Crippen MR) is 101 cm³/mol. The molecule has 11 nitrogen and oxygen atoms in total. The number of aliphatic carboxylic acids is 1. The number of hydrogen-bond acceptors (Lipinski definition) is 6. The van der Waals surface area contributed by atoms with Crippen molar-refractivity contribution in [2.75, 3.05) is 19.6 Å². The fraction of sp³-hybridized carbons (Fsp3) is 0.389. The Kier molecular flexibility index (Phi) is 9.65. The SMILES string of the molecule is C[C@H](NC(=O)CNC(=O)CCc1ccc(O)cc1)C(=O)NCC(=O)NCC(=O)O. The molecule has 0 spiro atoms. The van der Waals surface area contributed by atoms with Gasteiger partial charge in [-0.3, -0.25) is 24.0 Å². The molecule has 0 heterocycles. The molecule has 1 aromatic carbocycles. The molecule has 6 N–H and O–H groups in total. The lowest BCUT2D eigenvalue weighted by molar-refractivity contribution is -0.138. The number of carboxylic acid groups (broad SMARTS) is 1. The largest absolute Gasteiger partial charge is 0.508 e. The lowest BCUT2D eigenvalue weighted by Crippen LogP contribution is -2.49. The van der Waals surface area contributed by atoms with E-state index in [0.717, 1.165) is 5.56 Å². The second-order valence-corrected chi connectivity index (χ2v) is 6.12. The minimum absolute atomic E-state index is 0.133. The maximum absolute atomic E-state index is 11.8. The van der Waals surface area contributed by atoms with Crippen LogP contribution in [0.25, 0.3) is 0 Å². The van der Waals surface area contributed by atoms with Crippen LogP contribution in [-0.2, 0) is 30.4 Å². The number of benzene rings is 1. The van der Waals surface area contributed by atoms with Gasteiger partial charge in [0.25, 0.3) is 0 Å². The lowest BCUT2D eigenvalue weighted by Gasteiger charge is -2.14. The third-order valence-electron chi connectivity index (χ3n) is 3.65. The topological polar surface area (TPSA) is 174 Å². The first-order chi connectivity index (χ1) is 13.7. The normalized spacial score (nSPS) is 11.1. The summed E-state index contributed by atoms with van der Waals surface area (Å²) >= 11 is 0. The number of hydrogen-bond donors (Lipinski definition) is 6. The number of rotatable bonds is 11. The summed E-state index contributed by atoms with van der Waals surface area (Å²) in [6.45, 7) is 0.0912. The molecule has 0 aliphatic rings. The van der Waals surface area contributed by atoms with Crippen molar-refractivity contribution in [2.45, 2.75) is 25.8 Å². The van der Waals surface area contributed by atoms with Gasteiger partial charge in [0.05, 0.1) is 13.1 Å². The lowest BCUT2D eigenvalue weighted by atomic mass is 10.1. The molecular weight excluding hydrogens is 384 g/mol. The van der Waals surface area contributed by atoms with Gasteiger partial charge in [-0.25, -0.2) is 0 Å². The molecular formula is C18H24N4O7. The minimum atomic E-state index is -1.21. The van der Waals surface area contributed by atoms with Gasteiger partial charge in [0.1, 0.15) is 18.3 Å². The number of carbonyl (C=O) groups is 5. The smallest absolute Gasteiger partial charge is 0.322 e. The van der Waals surface area contributed by atoms with Crippen molar-refractivity contribution in [1.29, 1.82) is 0 Å². The van der Waals surface area contributed by atoms with Crippen molar-refractivity contribution >= 4 is 29.6 Å². The first kappa shape index (κ1) is 23.4. The zero-order valence-corrected chi connectivity index (χ0v) is 15.9. The second-order valence-electron chi connectivity index (χ2n) is 6.12. The average Bonchev–Trinajstić information content (AvgIpc) is 2.68. The van der Waals surface area contributed by atoms with E-state index in [1.54, 1.807) is 12.1 Å². The maximum Gasteiger partial charge on any atom is 0.322 e. The third-order valence-corrected chi connectivity index (χ3v) is 3.65. The number of phenols is 1. The predicted octanol–water partition coefficient (Wildman–Crippen LogP) is -1.74. The number of amides is 4. The van der Waals surface area contributed by atoms with Crippen LogP contribution in [0.2, 0.25) is 0 Å². The van der Waals surface area contributed by atoms with Crippen LogP contribution in [0, 0.1) is 0 Å². The number of carbonyl (C=O) groups excluding carboxylic acids is 4. The Morgan fingerprint density at radius 2 is 1.45 bits per heavy atom. The Bertz CT molecular complexity index is 749. The van der Waals surface area contributed by atoms with E-state index in [9.17, 15) is 29.1 Å². The van der Waals surface area contributed by atoms with Crippen molar-refractivity contribution in [1.82, 2.24) is 21.3 Å². The van der Waals surface area contributed by atoms with Crippen LogP contribution in [0.4, 0.5) is 0 Å². The summed E-state index contributed by atoms with van der Waals surface area (Å²) in [5.74, 6) is -3.33. The van der Waals surface area contributed by atoms with Gasteiger partial charge in [-0.2, -0.15) is 0 Å². The van der Waals surface area contributed by atoms with Crippen LogP contribution in [0.5, 0.6) is 5.75 Å². The number of aryl methyl sites for hydroxylation is 1. The van der Waals surface area contributed by atoms with E-state index in [1.165, 1.54) is 19.1 Å². The Morgan fingerprint density at radius 1 is 0.862 bits per heavy atom. The van der Waals surface area contributed by atoms with Crippen molar-refractivity contribution in [3.63, 3.8) is 0 Å². The van der Waals surface area contributed by atoms with Crippen LogP contribution >= 0.6 is 0 Å². The molecule has 0 bridgehead atoms. The fourth-order valence-corrected chi connectivity index (χ4v) is 2.10. The molecule has 1 atom stereocenters. The molecule has 0 saturated heterocycles. The zero-order valence-electron chi connectivity index (χ0n) is 15.9. The molecule has 0 aliphatic heterocycles. The highest BCUT2D eigenvalue weighted by Crippen LogP contribution is 2.10. The minimum Gasteiger partial charge on any atom is -0.508 e.